The Bertz CT molecular complexity index is 684. The number of ether oxygens (including phenoxy) is 1. The number of amides is 2. The third-order valence-corrected chi connectivity index (χ3v) is 4.33. The number of likely N-dealkylation sites (tertiary alicyclic amines) is 1. The number of nitrogens with one attached hydrogen (secondary N) is 1. The fourth-order valence-corrected chi connectivity index (χ4v) is 2.87. The van der Waals surface area contributed by atoms with Gasteiger partial charge in [0.1, 0.15) is 11.6 Å². The molecule has 26 heavy (non-hydrogen) atoms. The average molecular weight is 427 g/mol. The number of β-amino-alcohol motifs (C(OH)–C–C–N with tert-alkyl or cyclic N) is 1. The number of hydrogen-bond donors (Lipinski definition) is 2. The summed E-state index contributed by atoms with van der Waals surface area (Å²) in [5, 5.41) is 12.4. The zero-order valence-electron chi connectivity index (χ0n) is 15.0. The predicted molar refractivity (Wildman–Crippen MR) is 98.8 cm³/mol. The first-order chi connectivity index (χ1) is 12.1. The minimum absolute atomic E-state index is 0.0215. The first-order valence-corrected chi connectivity index (χ1v) is 9.10. The van der Waals surface area contributed by atoms with Gasteiger partial charge in [-0.1, -0.05) is 28.1 Å². The number of halogens is 1. The van der Waals surface area contributed by atoms with Crippen molar-refractivity contribution in [3.63, 3.8) is 0 Å². The van der Waals surface area contributed by atoms with Crippen molar-refractivity contribution in [2.45, 2.75) is 44.9 Å². The fourth-order valence-electron chi connectivity index (χ4n) is 2.61. The SMILES string of the molecule is CC(C)(C)OC(=O)N1C[C@H](O)C[C@H]1C(=O)NCC(=O)c1ccc(Br)cc1. The fraction of sp³-hybridized carbons (Fsp3) is 0.500. The van der Waals surface area contributed by atoms with Gasteiger partial charge in [-0.15, -0.1) is 0 Å². The molecule has 0 spiro atoms. The Kier molecular flexibility index (Phi) is 6.41. The molecular weight excluding hydrogens is 404 g/mol. The Hall–Kier alpha value is -1.93. The first kappa shape index (κ1) is 20.4. The number of nitrogens with zero attached hydrogens (tertiary/aromatic N) is 1. The quantitative estimate of drug-likeness (QED) is 0.718. The molecule has 0 aliphatic carbocycles. The van der Waals surface area contributed by atoms with Crippen molar-refractivity contribution in [2.75, 3.05) is 13.1 Å². The van der Waals surface area contributed by atoms with Gasteiger partial charge in [0.15, 0.2) is 5.78 Å². The van der Waals surface area contributed by atoms with Gasteiger partial charge in [-0.25, -0.2) is 4.79 Å². The van der Waals surface area contributed by atoms with Gasteiger partial charge in [-0.3, -0.25) is 14.5 Å². The van der Waals surface area contributed by atoms with Crippen LogP contribution in [-0.2, 0) is 9.53 Å². The Labute approximate surface area is 160 Å². The van der Waals surface area contributed by atoms with Crippen LogP contribution in [0.1, 0.15) is 37.6 Å². The van der Waals surface area contributed by atoms with Gasteiger partial charge in [0.2, 0.25) is 5.91 Å². The summed E-state index contributed by atoms with van der Waals surface area (Å²) in [4.78, 5) is 38.0. The highest BCUT2D eigenvalue weighted by Gasteiger charge is 2.40. The van der Waals surface area contributed by atoms with Gasteiger partial charge in [0.05, 0.1) is 19.2 Å². The molecule has 1 saturated heterocycles. The molecule has 2 atom stereocenters. The van der Waals surface area contributed by atoms with Gasteiger partial charge in [-0.2, -0.15) is 0 Å². The van der Waals surface area contributed by atoms with Gasteiger partial charge in [0.25, 0.3) is 0 Å². The molecule has 0 bridgehead atoms. The minimum atomic E-state index is -0.863. The number of carbonyl (C=O) groups is 3. The smallest absolute Gasteiger partial charge is 0.411 e. The van der Waals surface area contributed by atoms with Crippen LogP contribution in [0.15, 0.2) is 28.7 Å². The van der Waals surface area contributed by atoms with Crippen LogP contribution in [0.3, 0.4) is 0 Å². The summed E-state index contributed by atoms with van der Waals surface area (Å²) in [7, 11) is 0. The van der Waals surface area contributed by atoms with E-state index in [-0.39, 0.29) is 25.3 Å². The largest absolute Gasteiger partial charge is 0.444 e. The van der Waals surface area contributed by atoms with Gasteiger partial charge < -0.3 is 15.2 Å². The molecule has 1 heterocycles. The van der Waals surface area contributed by atoms with Crippen LogP contribution in [0.5, 0.6) is 0 Å². The molecule has 0 aromatic heterocycles. The van der Waals surface area contributed by atoms with E-state index in [1.54, 1.807) is 45.0 Å². The van der Waals surface area contributed by atoms with E-state index in [4.69, 9.17) is 4.74 Å². The number of Topliss-reactive ketones (excluding diaryl/α,β-unsaturated/α-hetero) is 1. The van der Waals surface area contributed by atoms with Gasteiger partial charge >= 0.3 is 6.09 Å². The number of carbonyl (C=O) groups excluding carboxylic acids is 3. The van der Waals surface area contributed by atoms with Crippen LogP contribution in [-0.4, -0.2) is 58.6 Å². The molecule has 1 fully saturated rings. The lowest BCUT2D eigenvalue weighted by atomic mass is 10.1. The molecule has 1 aromatic rings. The van der Waals surface area contributed by atoms with Crippen LogP contribution >= 0.6 is 15.9 Å². The summed E-state index contributed by atoms with van der Waals surface area (Å²) in [6, 6.07) is 5.94. The summed E-state index contributed by atoms with van der Waals surface area (Å²) < 4.78 is 6.13. The van der Waals surface area contributed by atoms with E-state index < -0.39 is 29.7 Å². The van der Waals surface area contributed by atoms with E-state index in [1.807, 2.05) is 0 Å². The van der Waals surface area contributed by atoms with E-state index >= 15 is 0 Å². The van der Waals surface area contributed by atoms with Gasteiger partial charge in [-0.05, 0) is 32.9 Å². The average Bonchev–Trinajstić information content (AvgIpc) is 2.93. The van der Waals surface area contributed by atoms with Crippen molar-refractivity contribution in [1.29, 1.82) is 0 Å². The summed E-state index contributed by atoms with van der Waals surface area (Å²) in [6.45, 7) is 5.01. The normalized spacial score (nSPS) is 20.0. The first-order valence-electron chi connectivity index (χ1n) is 8.31. The highest BCUT2D eigenvalue weighted by atomic mass is 79.9. The van der Waals surface area contributed by atoms with Crippen molar-refractivity contribution in [1.82, 2.24) is 10.2 Å². The third kappa shape index (κ3) is 5.54. The molecule has 1 aliphatic heterocycles. The number of aliphatic hydroxyl groups excluding tert-OH is 1. The third-order valence-electron chi connectivity index (χ3n) is 3.80. The molecular formula is C18H23BrN2O5. The molecule has 1 aliphatic rings. The van der Waals surface area contributed by atoms with Crippen molar-refractivity contribution in [3.8, 4) is 0 Å². The second-order valence-electron chi connectivity index (χ2n) is 7.19. The highest BCUT2D eigenvalue weighted by Crippen LogP contribution is 2.21. The van der Waals surface area contributed by atoms with E-state index in [1.165, 1.54) is 4.90 Å². The van der Waals surface area contributed by atoms with Crippen LogP contribution in [0.4, 0.5) is 4.79 Å². The maximum absolute atomic E-state index is 12.4. The maximum atomic E-state index is 12.4. The number of aliphatic hydroxyl groups is 1. The van der Waals surface area contributed by atoms with Crippen LogP contribution < -0.4 is 5.32 Å². The van der Waals surface area contributed by atoms with Crippen LogP contribution in [0.25, 0.3) is 0 Å². The molecule has 0 radical (unpaired) electrons. The molecule has 7 nitrogen and oxygen atoms in total. The van der Waals surface area contributed by atoms with Crippen molar-refractivity contribution >= 4 is 33.7 Å². The number of ketones is 1. The van der Waals surface area contributed by atoms with Gasteiger partial charge in [0, 0.05) is 16.5 Å². The second kappa shape index (κ2) is 8.18. The molecule has 2 rings (SSSR count). The lowest BCUT2D eigenvalue weighted by molar-refractivity contribution is -0.125. The molecule has 2 N–H and O–H groups in total. The second-order valence-corrected chi connectivity index (χ2v) is 8.10. The molecule has 8 heteroatoms. The Morgan fingerprint density at radius 1 is 1.27 bits per heavy atom. The monoisotopic (exact) mass is 426 g/mol. The van der Waals surface area contributed by atoms with Crippen molar-refractivity contribution in [3.05, 3.63) is 34.3 Å². The maximum Gasteiger partial charge on any atom is 0.411 e. The molecule has 0 unspecified atom stereocenters. The van der Waals surface area contributed by atoms with E-state index in [0.717, 1.165) is 4.47 Å². The summed E-state index contributed by atoms with van der Waals surface area (Å²) in [6.07, 6.45) is -1.36. The molecule has 0 saturated carbocycles. The minimum Gasteiger partial charge on any atom is -0.444 e. The molecule has 2 amide bonds. The topological polar surface area (TPSA) is 95.9 Å². The highest BCUT2D eigenvalue weighted by molar-refractivity contribution is 9.10. The Morgan fingerprint density at radius 2 is 1.88 bits per heavy atom. The zero-order chi connectivity index (χ0) is 19.5. The lowest BCUT2D eigenvalue weighted by Gasteiger charge is -2.27. The zero-order valence-corrected chi connectivity index (χ0v) is 16.6. The lowest BCUT2D eigenvalue weighted by Crippen LogP contribution is -2.48. The van der Waals surface area contributed by atoms with E-state index in [2.05, 4.69) is 21.2 Å². The molecule has 142 valence electrons. The molecule has 1 aromatic carbocycles. The number of rotatable bonds is 4. The van der Waals surface area contributed by atoms with Crippen molar-refractivity contribution < 1.29 is 24.2 Å². The van der Waals surface area contributed by atoms with E-state index in [0.29, 0.717) is 5.56 Å². The standard InChI is InChI=1S/C18H23BrN2O5/c1-18(2,3)26-17(25)21-10-13(22)8-14(21)16(24)20-9-15(23)11-4-6-12(19)7-5-11/h4-7,13-14,22H,8-10H2,1-3H3,(H,20,24)/t13-,14+/m1/s1. The van der Waals surface area contributed by atoms with E-state index in [9.17, 15) is 19.5 Å². The Balaban J connectivity index is 1.97. The predicted octanol–water partition coefficient (Wildman–Crippen LogP) is 2.12. The number of benzene rings is 1. The van der Waals surface area contributed by atoms with Crippen molar-refractivity contribution in [2.24, 2.45) is 0 Å². The Morgan fingerprint density at radius 3 is 2.46 bits per heavy atom. The number of hydrogen-bond acceptors (Lipinski definition) is 5. The van der Waals surface area contributed by atoms with Crippen LogP contribution in [0.2, 0.25) is 0 Å². The summed E-state index contributed by atoms with van der Waals surface area (Å²) in [5.74, 6) is -0.730. The summed E-state index contributed by atoms with van der Waals surface area (Å²) in [5.41, 5.74) is -0.229. The summed E-state index contributed by atoms with van der Waals surface area (Å²) >= 11 is 3.29. The van der Waals surface area contributed by atoms with Crippen LogP contribution in [0, 0.1) is 0 Å².